The lowest BCUT2D eigenvalue weighted by Gasteiger charge is -2.14. The average molecular weight is 370 g/mol. The van der Waals surface area contributed by atoms with Crippen LogP contribution < -0.4 is 0 Å². The number of terminal acetylenes is 2. The molecule has 2 unspecified atom stereocenters. The van der Waals surface area contributed by atoms with Crippen molar-refractivity contribution in [3.05, 3.63) is 0 Å². The molecule has 11 heteroatoms. The number of sulfone groups is 2. The first kappa shape index (κ1) is 19.2. The fourth-order valence-corrected chi connectivity index (χ4v) is 5.54. The van der Waals surface area contributed by atoms with Gasteiger partial charge in [0.05, 0.1) is 11.5 Å². The molecule has 0 bridgehead atoms. The molecule has 0 saturated carbocycles. The van der Waals surface area contributed by atoms with Crippen LogP contribution in [0.15, 0.2) is 0 Å². The molecule has 0 radical (unpaired) electrons. The van der Waals surface area contributed by atoms with Gasteiger partial charge in [-0.3, -0.25) is 13.6 Å². The Morgan fingerprint density at radius 3 is 1.64 bits per heavy atom. The Labute approximate surface area is 130 Å². The molecule has 1 saturated heterocycles. The van der Waals surface area contributed by atoms with E-state index in [4.69, 9.17) is 21.9 Å². The van der Waals surface area contributed by atoms with Gasteiger partial charge < -0.3 is 0 Å². The fraction of sp³-hybridized carbons (Fsp3) is 0.636. The van der Waals surface area contributed by atoms with E-state index in [1.807, 2.05) is 11.8 Å². The molecule has 0 aliphatic carbocycles. The molecule has 1 aliphatic rings. The predicted octanol–water partition coefficient (Wildman–Crippen LogP) is -0.379. The zero-order chi connectivity index (χ0) is 17.0. The van der Waals surface area contributed by atoms with Crippen molar-refractivity contribution in [2.45, 2.75) is 12.2 Å². The van der Waals surface area contributed by atoms with E-state index in [9.17, 15) is 21.4 Å². The average Bonchev–Trinajstić information content (AvgIpc) is 2.64. The van der Waals surface area contributed by atoms with Gasteiger partial charge in [0.1, 0.15) is 23.7 Å². The summed E-state index contributed by atoms with van der Waals surface area (Å²) < 4.78 is 73.4. The van der Waals surface area contributed by atoms with Gasteiger partial charge in [0.25, 0.3) is 0 Å². The summed E-state index contributed by atoms with van der Waals surface area (Å²) in [6.07, 6.45) is 7.33. The molecule has 2 atom stereocenters. The maximum atomic E-state index is 12.0. The number of hydrogen-bond acceptors (Lipinski definition) is 8. The summed E-state index contributed by atoms with van der Waals surface area (Å²) in [5.41, 5.74) is 0. The molecule has 0 amide bonds. The number of rotatable bonds is 7. The van der Waals surface area contributed by atoms with Gasteiger partial charge in [-0.2, -0.15) is 0 Å². The molecule has 8 nitrogen and oxygen atoms in total. The Hall–Kier alpha value is -0.870. The summed E-state index contributed by atoms with van der Waals surface area (Å²) >= 11 is 0. The minimum atomic E-state index is -4.01. The molecule has 1 heterocycles. The molecule has 0 spiro atoms. The van der Waals surface area contributed by atoms with Gasteiger partial charge in [0, 0.05) is 7.11 Å². The topological polar surface area (TPSA) is 113 Å². The van der Waals surface area contributed by atoms with E-state index < -0.39 is 62.7 Å². The second-order valence-corrected chi connectivity index (χ2v) is 10.3. The van der Waals surface area contributed by atoms with Crippen LogP contribution in [0.3, 0.4) is 0 Å². The number of hydrogen-bond donors (Lipinski definition) is 0. The van der Waals surface area contributed by atoms with E-state index >= 15 is 0 Å². The molecule has 1 rings (SSSR count). The molecule has 0 N–H and O–H groups in total. The van der Waals surface area contributed by atoms with Crippen LogP contribution in [0.1, 0.15) is 0 Å². The smallest absolute Gasteiger partial charge is 0.290 e. The van der Waals surface area contributed by atoms with E-state index in [0.717, 1.165) is 7.11 Å². The minimum Gasteiger partial charge on any atom is -0.290 e. The molecule has 22 heavy (non-hydrogen) atoms. The summed E-state index contributed by atoms with van der Waals surface area (Å²) in [4.78, 5) is 0. The van der Waals surface area contributed by atoms with Crippen molar-refractivity contribution in [2.75, 3.05) is 30.1 Å². The van der Waals surface area contributed by atoms with E-state index in [1.54, 1.807) is 0 Å². The third-order valence-corrected chi connectivity index (χ3v) is 7.00. The van der Waals surface area contributed by atoms with Gasteiger partial charge in [-0.25, -0.2) is 21.4 Å². The molecular formula is C11H15O8PS2. The van der Waals surface area contributed by atoms with Crippen LogP contribution in [0.2, 0.25) is 0 Å². The van der Waals surface area contributed by atoms with Crippen molar-refractivity contribution in [1.82, 2.24) is 0 Å². The first-order valence-corrected chi connectivity index (χ1v) is 11.0. The normalized spacial score (nSPS) is 28.9. The van der Waals surface area contributed by atoms with Crippen molar-refractivity contribution in [3.63, 3.8) is 0 Å². The third-order valence-electron chi connectivity index (χ3n) is 2.61. The second-order valence-electron chi connectivity index (χ2n) is 4.43. The Kier molecular flexibility index (Phi) is 6.22. The van der Waals surface area contributed by atoms with E-state index in [2.05, 4.69) is 4.52 Å². The Balaban J connectivity index is 2.99. The summed E-state index contributed by atoms with van der Waals surface area (Å²) in [7, 11) is -10.4. The van der Waals surface area contributed by atoms with E-state index in [-0.39, 0.29) is 0 Å². The van der Waals surface area contributed by atoms with Crippen molar-refractivity contribution in [1.29, 1.82) is 0 Å². The van der Waals surface area contributed by atoms with Gasteiger partial charge in [0.2, 0.25) is 0 Å². The largest absolute Gasteiger partial charge is 0.475 e. The highest BCUT2D eigenvalue weighted by atomic mass is 32.2. The summed E-state index contributed by atoms with van der Waals surface area (Å²) in [5.74, 6) is 1.54. The first-order chi connectivity index (χ1) is 10.1. The molecule has 0 aromatic rings. The molecular weight excluding hydrogens is 355 g/mol. The van der Waals surface area contributed by atoms with Crippen molar-refractivity contribution < 1.29 is 35.0 Å². The van der Waals surface area contributed by atoms with Crippen LogP contribution in [0, 0.1) is 24.7 Å². The monoisotopic (exact) mass is 370 g/mol. The van der Waals surface area contributed by atoms with Crippen LogP contribution in [0.5, 0.6) is 0 Å². The van der Waals surface area contributed by atoms with Gasteiger partial charge in [-0.1, -0.05) is 11.8 Å². The van der Waals surface area contributed by atoms with Gasteiger partial charge >= 0.3 is 7.82 Å². The molecule has 1 aliphatic heterocycles. The lowest BCUT2D eigenvalue weighted by molar-refractivity contribution is 0.191. The Morgan fingerprint density at radius 2 is 1.36 bits per heavy atom. The zero-order valence-electron chi connectivity index (χ0n) is 11.7. The quantitative estimate of drug-likeness (QED) is 0.440. The van der Waals surface area contributed by atoms with Crippen molar-refractivity contribution in [3.8, 4) is 24.7 Å². The molecule has 0 aromatic carbocycles. The molecule has 1 fully saturated rings. The van der Waals surface area contributed by atoms with Crippen molar-refractivity contribution in [2.24, 2.45) is 0 Å². The summed E-state index contributed by atoms with van der Waals surface area (Å²) in [5, 5.41) is 0. The van der Waals surface area contributed by atoms with E-state index in [0.29, 0.717) is 0 Å². The number of phosphoric ester groups is 1. The fourth-order valence-electron chi connectivity index (χ4n) is 1.73. The SMILES string of the molecule is C#CCS(=O)(=O)CC1OP(=O)(OC)OC1CS(=O)(=O)CC#C. The number of phosphoric acid groups is 1. The highest BCUT2D eigenvalue weighted by Gasteiger charge is 2.48. The van der Waals surface area contributed by atoms with E-state index in [1.165, 1.54) is 0 Å². The van der Waals surface area contributed by atoms with Gasteiger partial charge in [-0.05, 0) is 0 Å². The Morgan fingerprint density at radius 1 is 1.00 bits per heavy atom. The first-order valence-electron chi connectivity index (χ1n) is 5.87. The second kappa shape index (κ2) is 7.14. The third kappa shape index (κ3) is 5.40. The lowest BCUT2D eigenvalue weighted by Crippen LogP contribution is -2.36. The van der Waals surface area contributed by atoms with Crippen LogP contribution in [-0.2, 0) is 37.8 Å². The highest BCUT2D eigenvalue weighted by Crippen LogP contribution is 2.57. The molecule has 124 valence electrons. The molecule has 0 aromatic heterocycles. The Bertz CT molecular complexity index is 680. The lowest BCUT2D eigenvalue weighted by atomic mass is 10.3. The van der Waals surface area contributed by atoms with Gasteiger partial charge in [-0.15, -0.1) is 12.8 Å². The van der Waals surface area contributed by atoms with Gasteiger partial charge in [0.15, 0.2) is 19.7 Å². The van der Waals surface area contributed by atoms with Crippen LogP contribution in [0.4, 0.5) is 0 Å². The highest BCUT2D eigenvalue weighted by molar-refractivity contribution is 7.92. The van der Waals surface area contributed by atoms with Crippen LogP contribution in [0.25, 0.3) is 0 Å². The zero-order valence-corrected chi connectivity index (χ0v) is 14.2. The predicted molar refractivity (Wildman–Crippen MR) is 79.3 cm³/mol. The summed E-state index contributed by atoms with van der Waals surface area (Å²) in [6.45, 7) is 0. The minimum absolute atomic E-state index is 0.562. The standard InChI is InChI=1S/C11H15O8PS2/c1-4-6-21(13,14)8-10-11(9-22(15,16)7-5-2)19-20(12,17-3)18-10/h1-2,10-11H,6-9H2,3H3. The van der Waals surface area contributed by atoms with Crippen LogP contribution in [-0.4, -0.2) is 59.2 Å². The summed E-state index contributed by atoms with van der Waals surface area (Å²) in [6, 6.07) is 0. The maximum absolute atomic E-state index is 12.0. The van der Waals surface area contributed by atoms with Crippen LogP contribution >= 0.6 is 7.82 Å². The van der Waals surface area contributed by atoms with Crippen molar-refractivity contribution >= 4 is 27.5 Å². The maximum Gasteiger partial charge on any atom is 0.475 e.